The fourth-order valence-electron chi connectivity index (χ4n) is 2.37. The minimum atomic E-state index is -0.201. The molecule has 1 aromatic heterocycles. The molecule has 3 rings (SSSR count). The van der Waals surface area contributed by atoms with E-state index >= 15 is 0 Å². The molecule has 2 heterocycles. The van der Waals surface area contributed by atoms with E-state index in [9.17, 15) is 4.79 Å². The number of nitrogens with one attached hydrogen (secondary N) is 2. The Morgan fingerprint density at radius 3 is 2.90 bits per heavy atom. The normalized spacial score (nSPS) is 18.4. The molecule has 1 aliphatic rings. The smallest absolute Gasteiger partial charge is 0.273 e. The van der Waals surface area contributed by atoms with E-state index in [-0.39, 0.29) is 11.9 Å². The summed E-state index contributed by atoms with van der Waals surface area (Å²) < 4.78 is 5.23. The maximum atomic E-state index is 12.1. The van der Waals surface area contributed by atoms with Crippen molar-refractivity contribution in [3.05, 3.63) is 41.0 Å². The molecule has 2 N–H and O–H groups in total. The van der Waals surface area contributed by atoms with Gasteiger partial charge >= 0.3 is 0 Å². The van der Waals surface area contributed by atoms with Crippen molar-refractivity contribution in [2.45, 2.75) is 18.9 Å². The Bertz CT molecular complexity index is 618. The third-order valence-corrected chi connectivity index (χ3v) is 3.76. The van der Waals surface area contributed by atoms with Gasteiger partial charge in [0.2, 0.25) is 0 Å². The average Bonchev–Trinajstić information content (AvgIpc) is 2.99. The predicted octanol–water partition coefficient (Wildman–Crippen LogP) is 2.48. The van der Waals surface area contributed by atoms with Crippen molar-refractivity contribution in [1.82, 2.24) is 15.8 Å². The Balaban J connectivity index is 1.69. The van der Waals surface area contributed by atoms with Crippen LogP contribution in [0.2, 0.25) is 5.02 Å². The van der Waals surface area contributed by atoms with Crippen LogP contribution in [-0.4, -0.2) is 30.2 Å². The predicted molar refractivity (Wildman–Crippen MR) is 80.3 cm³/mol. The number of piperidine rings is 1. The number of benzene rings is 1. The summed E-state index contributed by atoms with van der Waals surface area (Å²) >= 11 is 5.85. The van der Waals surface area contributed by atoms with Crippen molar-refractivity contribution in [2.75, 3.05) is 13.1 Å². The van der Waals surface area contributed by atoms with Gasteiger partial charge in [-0.25, -0.2) is 0 Å². The van der Waals surface area contributed by atoms with Crippen molar-refractivity contribution in [1.29, 1.82) is 0 Å². The van der Waals surface area contributed by atoms with Crippen LogP contribution in [-0.2, 0) is 0 Å². The van der Waals surface area contributed by atoms with Crippen LogP contribution in [0.3, 0.4) is 0 Å². The summed E-state index contributed by atoms with van der Waals surface area (Å²) in [4.78, 5) is 12.1. The summed E-state index contributed by atoms with van der Waals surface area (Å²) in [6.07, 6.45) is 2.06. The molecule has 1 aliphatic heterocycles. The lowest BCUT2D eigenvalue weighted by Crippen LogP contribution is -2.45. The molecular formula is C15H16ClN3O2. The summed E-state index contributed by atoms with van der Waals surface area (Å²) in [5.74, 6) is 0.353. The molecule has 1 saturated heterocycles. The van der Waals surface area contributed by atoms with E-state index in [0.29, 0.717) is 16.5 Å². The Labute approximate surface area is 127 Å². The van der Waals surface area contributed by atoms with Gasteiger partial charge in [-0.3, -0.25) is 4.79 Å². The van der Waals surface area contributed by atoms with Gasteiger partial charge in [0.25, 0.3) is 5.91 Å². The first-order chi connectivity index (χ1) is 10.2. The van der Waals surface area contributed by atoms with Crippen LogP contribution in [0.5, 0.6) is 0 Å². The number of halogens is 1. The summed E-state index contributed by atoms with van der Waals surface area (Å²) in [6, 6.07) is 9.00. The summed E-state index contributed by atoms with van der Waals surface area (Å²) in [7, 11) is 0. The maximum absolute atomic E-state index is 12.1. The number of aromatic nitrogens is 1. The first kappa shape index (κ1) is 14.1. The summed E-state index contributed by atoms with van der Waals surface area (Å²) in [6.45, 7) is 1.81. The molecule has 21 heavy (non-hydrogen) atoms. The Morgan fingerprint density at radius 2 is 2.19 bits per heavy atom. The highest BCUT2D eigenvalue weighted by molar-refractivity contribution is 6.30. The van der Waals surface area contributed by atoms with E-state index in [0.717, 1.165) is 31.5 Å². The van der Waals surface area contributed by atoms with Crippen LogP contribution in [0.15, 0.2) is 34.9 Å². The van der Waals surface area contributed by atoms with E-state index in [4.69, 9.17) is 16.1 Å². The van der Waals surface area contributed by atoms with Crippen molar-refractivity contribution < 1.29 is 9.32 Å². The topological polar surface area (TPSA) is 67.2 Å². The highest BCUT2D eigenvalue weighted by Gasteiger charge is 2.19. The van der Waals surface area contributed by atoms with Crippen LogP contribution in [0, 0.1) is 0 Å². The lowest BCUT2D eigenvalue weighted by atomic mass is 10.1. The van der Waals surface area contributed by atoms with Gasteiger partial charge in [0, 0.05) is 29.2 Å². The zero-order valence-corrected chi connectivity index (χ0v) is 12.2. The van der Waals surface area contributed by atoms with E-state index < -0.39 is 0 Å². The largest absolute Gasteiger partial charge is 0.355 e. The molecule has 0 aliphatic carbocycles. The van der Waals surface area contributed by atoms with Crippen molar-refractivity contribution in [3.8, 4) is 11.3 Å². The number of amides is 1. The molecule has 0 unspecified atom stereocenters. The Morgan fingerprint density at radius 1 is 1.38 bits per heavy atom. The number of carbonyl (C=O) groups is 1. The van der Waals surface area contributed by atoms with Gasteiger partial charge in [-0.15, -0.1) is 0 Å². The fraction of sp³-hybridized carbons (Fsp3) is 0.333. The zero-order valence-electron chi connectivity index (χ0n) is 11.4. The van der Waals surface area contributed by atoms with Crippen molar-refractivity contribution in [2.24, 2.45) is 0 Å². The molecule has 1 fully saturated rings. The molecular weight excluding hydrogens is 290 g/mol. The molecule has 2 aromatic rings. The first-order valence-corrected chi connectivity index (χ1v) is 7.34. The van der Waals surface area contributed by atoms with Gasteiger partial charge in [-0.05, 0) is 43.7 Å². The Kier molecular flexibility index (Phi) is 4.22. The van der Waals surface area contributed by atoms with Crippen LogP contribution < -0.4 is 10.6 Å². The van der Waals surface area contributed by atoms with E-state index in [1.807, 2.05) is 12.1 Å². The SMILES string of the molecule is O=C(N[C@H]1CCCNC1)c1cc(-c2ccc(Cl)cc2)on1. The van der Waals surface area contributed by atoms with E-state index in [1.165, 1.54) is 0 Å². The monoisotopic (exact) mass is 305 g/mol. The lowest BCUT2D eigenvalue weighted by Gasteiger charge is -2.23. The standard InChI is InChI=1S/C15H16ClN3O2/c16-11-5-3-10(4-6-11)14-8-13(19-21-14)15(20)18-12-2-1-7-17-9-12/h3-6,8,12,17H,1-2,7,9H2,(H,18,20)/t12-/m0/s1. The molecule has 1 atom stereocenters. The molecule has 1 aromatic carbocycles. The number of carbonyl (C=O) groups excluding carboxylic acids is 1. The second-order valence-electron chi connectivity index (χ2n) is 5.10. The molecule has 0 saturated carbocycles. The highest BCUT2D eigenvalue weighted by atomic mass is 35.5. The third-order valence-electron chi connectivity index (χ3n) is 3.50. The number of rotatable bonds is 3. The molecule has 0 spiro atoms. The van der Waals surface area contributed by atoms with Gasteiger partial charge in [0.1, 0.15) is 0 Å². The van der Waals surface area contributed by atoms with Crippen LogP contribution in [0.25, 0.3) is 11.3 Å². The molecule has 6 heteroatoms. The zero-order chi connectivity index (χ0) is 14.7. The third kappa shape index (κ3) is 3.43. The molecule has 0 bridgehead atoms. The average molecular weight is 306 g/mol. The van der Waals surface area contributed by atoms with E-state index in [2.05, 4.69) is 15.8 Å². The number of nitrogens with zero attached hydrogens (tertiary/aromatic N) is 1. The quantitative estimate of drug-likeness (QED) is 0.914. The van der Waals surface area contributed by atoms with Crippen molar-refractivity contribution >= 4 is 17.5 Å². The second-order valence-corrected chi connectivity index (χ2v) is 5.54. The molecule has 0 radical (unpaired) electrons. The minimum absolute atomic E-state index is 0.155. The van der Waals surface area contributed by atoms with Gasteiger partial charge in [-0.2, -0.15) is 0 Å². The first-order valence-electron chi connectivity index (χ1n) is 6.96. The molecule has 1 amide bonds. The van der Waals surface area contributed by atoms with Gasteiger partial charge in [0.05, 0.1) is 0 Å². The molecule has 110 valence electrons. The van der Waals surface area contributed by atoms with Crippen LogP contribution in [0.4, 0.5) is 0 Å². The van der Waals surface area contributed by atoms with E-state index in [1.54, 1.807) is 18.2 Å². The fourth-order valence-corrected chi connectivity index (χ4v) is 2.49. The van der Waals surface area contributed by atoms with Crippen LogP contribution >= 0.6 is 11.6 Å². The minimum Gasteiger partial charge on any atom is -0.355 e. The molecule has 5 nitrogen and oxygen atoms in total. The second kappa shape index (κ2) is 6.28. The highest BCUT2D eigenvalue weighted by Crippen LogP contribution is 2.22. The lowest BCUT2D eigenvalue weighted by molar-refractivity contribution is 0.0921. The number of hydrogen-bond donors (Lipinski definition) is 2. The number of hydrogen-bond acceptors (Lipinski definition) is 4. The Hall–Kier alpha value is -1.85. The summed E-state index contributed by atoms with van der Waals surface area (Å²) in [5.41, 5.74) is 1.14. The van der Waals surface area contributed by atoms with Crippen LogP contribution in [0.1, 0.15) is 23.3 Å². The van der Waals surface area contributed by atoms with Crippen molar-refractivity contribution in [3.63, 3.8) is 0 Å². The van der Waals surface area contributed by atoms with Gasteiger partial charge in [0.15, 0.2) is 11.5 Å². The maximum Gasteiger partial charge on any atom is 0.273 e. The summed E-state index contributed by atoms with van der Waals surface area (Å²) in [5, 5.41) is 10.7. The van der Waals surface area contributed by atoms with Gasteiger partial charge in [-0.1, -0.05) is 16.8 Å². The van der Waals surface area contributed by atoms with Gasteiger partial charge < -0.3 is 15.2 Å².